The van der Waals surface area contributed by atoms with Crippen LogP contribution in [0.5, 0.6) is 5.75 Å². The fourth-order valence-corrected chi connectivity index (χ4v) is 4.98. The number of hydrogen-bond donors (Lipinski definition) is 6. The van der Waals surface area contributed by atoms with E-state index in [4.69, 9.17) is 10.5 Å². The van der Waals surface area contributed by atoms with E-state index in [-0.39, 0.29) is 23.4 Å². The Balaban J connectivity index is 1.59. The molecule has 7 N–H and O–H groups in total. The van der Waals surface area contributed by atoms with Crippen molar-refractivity contribution < 1.29 is 34.1 Å². The molecule has 0 saturated heterocycles. The molecule has 0 bridgehead atoms. The molecule has 0 saturated carbocycles. The van der Waals surface area contributed by atoms with Crippen molar-refractivity contribution in [3.8, 4) is 5.75 Å². The molecule has 4 amide bonds. The van der Waals surface area contributed by atoms with Gasteiger partial charge in [0.2, 0.25) is 11.8 Å². The zero-order chi connectivity index (χ0) is 34.9. The number of pyridine rings is 1. The van der Waals surface area contributed by atoms with E-state index < -0.39 is 66.5 Å². The molecule has 1 aromatic heterocycles. The lowest BCUT2D eigenvalue weighted by Crippen LogP contribution is -2.62. The van der Waals surface area contributed by atoms with Crippen LogP contribution in [0.4, 0.5) is 0 Å². The topological polar surface area (TPSA) is 193 Å². The van der Waals surface area contributed by atoms with Gasteiger partial charge in [-0.15, -0.1) is 0 Å². The lowest BCUT2D eigenvalue weighted by Gasteiger charge is -2.36. The van der Waals surface area contributed by atoms with Crippen molar-refractivity contribution in [2.45, 2.75) is 56.8 Å². The van der Waals surface area contributed by atoms with Gasteiger partial charge in [0, 0.05) is 10.9 Å². The van der Waals surface area contributed by atoms with Gasteiger partial charge in [-0.05, 0) is 57.0 Å². The van der Waals surface area contributed by atoms with E-state index in [1.807, 2.05) is 32.9 Å². The van der Waals surface area contributed by atoms with Crippen LogP contribution in [0.1, 0.15) is 53.6 Å². The predicted octanol–water partition coefficient (Wildman–Crippen LogP) is 2.27. The van der Waals surface area contributed by atoms with Crippen LogP contribution in [0, 0.1) is 0 Å². The van der Waals surface area contributed by atoms with Crippen LogP contribution in [0.15, 0.2) is 91.0 Å². The number of benzene rings is 3. The van der Waals surface area contributed by atoms with Crippen molar-refractivity contribution in [3.63, 3.8) is 0 Å². The van der Waals surface area contributed by atoms with E-state index >= 15 is 0 Å². The number of nitrogens with zero attached hydrogens (tertiary/aromatic N) is 1. The van der Waals surface area contributed by atoms with Crippen molar-refractivity contribution in [1.29, 1.82) is 0 Å². The van der Waals surface area contributed by atoms with Crippen LogP contribution in [0.25, 0.3) is 10.9 Å². The number of aromatic nitrogens is 1. The fourth-order valence-electron chi connectivity index (χ4n) is 4.98. The van der Waals surface area contributed by atoms with E-state index in [0.717, 1.165) is 5.39 Å². The van der Waals surface area contributed by atoms with Gasteiger partial charge in [-0.2, -0.15) is 0 Å². The summed E-state index contributed by atoms with van der Waals surface area (Å²) in [6.07, 6.45) is -0.518. The summed E-state index contributed by atoms with van der Waals surface area (Å²) < 4.78 is 5.94. The monoisotopic (exact) mass is 655 g/mol. The molecular weight excluding hydrogens is 614 g/mol. The molecule has 252 valence electrons. The summed E-state index contributed by atoms with van der Waals surface area (Å²) in [7, 11) is 0. The van der Waals surface area contributed by atoms with Gasteiger partial charge in [-0.25, -0.2) is 4.98 Å². The fraction of sp³-hybridized carbons (Fsp3) is 0.306. The molecule has 0 aliphatic heterocycles. The third-order valence-electron chi connectivity index (χ3n) is 7.48. The summed E-state index contributed by atoms with van der Waals surface area (Å²) >= 11 is 0. The van der Waals surface area contributed by atoms with Crippen LogP contribution < -0.4 is 26.4 Å². The number of amides is 4. The number of hydrogen-bond acceptors (Lipinski definition) is 8. The average molecular weight is 656 g/mol. The lowest BCUT2D eigenvalue weighted by molar-refractivity contribution is -0.131. The molecule has 12 nitrogen and oxygen atoms in total. The summed E-state index contributed by atoms with van der Waals surface area (Å²) in [6, 6.07) is 23.1. The first kappa shape index (κ1) is 35.5. The van der Waals surface area contributed by atoms with Crippen LogP contribution in [-0.2, 0) is 16.0 Å². The number of fused-ring (bicyclic) bond motifs is 1. The zero-order valence-electron chi connectivity index (χ0n) is 27.1. The third kappa shape index (κ3) is 9.60. The lowest BCUT2D eigenvalue weighted by atomic mass is 9.89. The van der Waals surface area contributed by atoms with Gasteiger partial charge >= 0.3 is 0 Å². The first-order valence-electron chi connectivity index (χ1n) is 15.4. The quantitative estimate of drug-likeness (QED) is 0.119. The molecule has 4 rings (SSSR count). The SMILES string of the molecule is CC(C)(C)NC(=O)c1ccccc1OC[C@@](O)(CO)[C@H](Cc1ccccc1)NC(=O)[C@H](CC(N)=O)NC(=O)c1ccc2ccccc2n1. The number of primary amides is 1. The molecule has 3 atom stereocenters. The van der Waals surface area contributed by atoms with Crippen LogP contribution in [-0.4, -0.2) is 75.3 Å². The minimum atomic E-state index is -2.10. The summed E-state index contributed by atoms with van der Waals surface area (Å²) in [4.78, 5) is 56.3. The Morgan fingerprint density at radius 2 is 1.52 bits per heavy atom. The highest BCUT2D eigenvalue weighted by Gasteiger charge is 2.40. The Hall–Kier alpha value is -5.33. The van der Waals surface area contributed by atoms with Gasteiger partial charge in [-0.3, -0.25) is 19.2 Å². The number of carbonyl (C=O) groups is 4. The van der Waals surface area contributed by atoms with E-state index in [0.29, 0.717) is 11.1 Å². The molecule has 1 heterocycles. The van der Waals surface area contributed by atoms with Gasteiger partial charge in [0.05, 0.1) is 30.1 Å². The van der Waals surface area contributed by atoms with Crippen molar-refractivity contribution in [2.24, 2.45) is 5.73 Å². The first-order valence-corrected chi connectivity index (χ1v) is 15.4. The van der Waals surface area contributed by atoms with Crippen molar-refractivity contribution in [1.82, 2.24) is 20.9 Å². The molecule has 0 unspecified atom stereocenters. The zero-order valence-corrected chi connectivity index (χ0v) is 27.1. The average Bonchev–Trinajstić information content (AvgIpc) is 3.06. The molecule has 48 heavy (non-hydrogen) atoms. The summed E-state index contributed by atoms with van der Waals surface area (Å²) in [6.45, 7) is 4.12. The smallest absolute Gasteiger partial charge is 0.270 e. The van der Waals surface area contributed by atoms with Crippen molar-refractivity contribution >= 4 is 34.5 Å². The molecular formula is C36H41N5O7. The number of aliphatic hydroxyl groups is 2. The Kier molecular flexibility index (Phi) is 11.5. The van der Waals surface area contributed by atoms with Crippen LogP contribution in [0.2, 0.25) is 0 Å². The molecule has 12 heteroatoms. The molecule has 0 aliphatic rings. The van der Waals surface area contributed by atoms with Gasteiger partial charge in [-0.1, -0.05) is 66.7 Å². The van der Waals surface area contributed by atoms with E-state index in [9.17, 15) is 29.4 Å². The number of aliphatic hydroxyl groups excluding tert-OH is 1. The van der Waals surface area contributed by atoms with Crippen LogP contribution in [0.3, 0.4) is 0 Å². The van der Waals surface area contributed by atoms with E-state index in [2.05, 4.69) is 20.9 Å². The van der Waals surface area contributed by atoms with Gasteiger partial charge in [0.1, 0.15) is 29.7 Å². The first-order chi connectivity index (χ1) is 22.8. The Bertz CT molecular complexity index is 1760. The standard InChI is InChI=1S/C36H41N5O7/c1-35(2,3)41-32(44)25-14-8-10-16-29(25)48-22-36(47,21-42)30(19-23-11-5-4-6-12-23)40-34(46)28(20-31(37)43)39-33(45)27-18-17-24-13-7-9-15-26(24)38-27/h4-18,28,30,42,47H,19-22H2,1-3H3,(H2,37,43)(H,39,45)(H,40,46)(H,41,44)/t28-,30-,36-/m0/s1. The molecule has 0 spiro atoms. The molecule has 0 radical (unpaired) electrons. The van der Waals surface area contributed by atoms with E-state index in [1.165, 1.54) is 6.07 Å². The minimum absolute atomic E-state index is 0.0197. The summed E-state index contributed by atoms with van der Waals surface area (Å²) in [5, 5.41) is 31.2. The highest BCUT2D eigenvalue weighted by atomic mass is 16.5. The Morgan fingerprint density at radius 1 is 0.854 bits per heavy atom. The highest BCUT2D eigenvalue weighted by Crippen LogP contribution is 2.23. The molecule has 3 aromatic carbocycles. The molecule has 4 aromatic rings. The number of ether oxygens (including phenoxy) is 1. The highest BCUT2D eigenvalue weighted by molar-refractivity contribution is 5.99. The Labute approximate surface area is 278 Å². The number of para-hydroxylation sites is 2. The van der Waals surface area contributed by atoms with Crippen LogP contribution >= 0.6 is 0 Å². The predicted molar refractivity (Wildman–Crippen MR) is 180 cm³/mol. The summed E-state index contributed by atoms with van der Waals surface area (Å²) in [5.41, 5.74) is 4.32. The van der Waals surface area contributed by atoms with Crippen molar-refractivity contribution in [3.05, 3.63) is 108 Å². The number of rotatable bonds is 14. The maximum absolute atomic E-state index is 13.7. The second kappa shape index (κ2) is 15.5. The number of carbonyl (C=O) groups excluding carboxylic acids is 4. The van der Waals surface area contributed by atoms with Gasteiger partial charge in [0.25, 0.3) is 11.8 Å². The third-order valence-corrected chi connectivity index (χ3v) is 7.48. The van der Waals surface area contributed by atoms with Crippen molar-refractivity contribution in [2.75, 3.05) is 13.2 Å². The Morgan fingerprint density at radius 3 is 2.21 bits per heavy atom. The molecule has 0 aliphatic carbocycles. The van der Waals surface area contributed by atoms with Gasteiger partial charge in [0.15, 0.2) is 0 Å². The van der Waals surface area contributed by atoms with Gasteiger partial charge < -0.3 is 36.6 Å². The largest absolute Gasteiger partial charge is 0.490 e. The second-order valence-electron chi connectivity index (χ2n) is 12.6. The summed E-state index contributed by atoms with van der Waals surface area (Å²) in [5.74, 6) is -2.65. The number of nitrogens with two attached hydrogens (primary N) is 1. The molecule has 0 fully saturated rings. The minimum Gasteiger partial charge on any atom is -0.490 e. The van der Waals surface area contributed by atoms with E-state index in [1.54, 1.807) is 72.8 Å². The normalized spacial score (nSPS) is 13.9. The maximum Gasteiger partial charge on any atom is 0.270 e. The number of nitrogens with one attached hydrogen (secondary N) is 3. The maximum atomic E-state index is 13.7. The second-order valence-corrected chi connectivity index (χ2v) is 12.6.